The maximum Gasteiger partial charge on any atom is 0.243 e. The van der Waals surface area contributed by atoms with Gasteiger partial charge in [0.05, 0.1) is 4.90 Å². The first-order chi connectivity index (χ1) is 10.8. The number of anilines is 1. The average molecular weight is 337 g/mol. The van der Waals surface area contributed by atoms with Crippen LogP contribution in [-0.2, 0) is 26.0 Å². The number of nitrogens with zero attached hydrogens (tertiary/aromatic N) is 2. The molecule has 1 aromatic carbocycles. The third-order valence-corrected chi connectivity index (χ3v) is 6.34. The van der Waals surface area contributed by atoms with Gasteiger partial charge in [-0.25, -0.2) is 8.42 Å². The van der Waals surface area contributed by atoms with Crippen LogP contribution in [0.1, 0.15) is 19.4 Å². The second-order valence-electron chi connectivity index (χ2n) is 5.79. The summed E-state index contributed by atoms with van der Waals surface area (Å²) in [5, 5.41) is 2.66. The van der Waals surface area contributed by atoms with Gasteiger partial charge >= 0.3 is 0 Å². The number of amides is 2. The largest absolute Gasteiger partial charge is 0.353 e. The van der Waals surface area contributed by atoms with Gasteiger partial charge < -0.3 is 10.2 Å². The Bertz CT molecular complexity index is 775. The molecule has 0 bridgehead atoms. The second kappa shape index (κ2) is 5.61. The zero-order valence-corrected chi connectivity index (χ0v) is 13.9. The van der Waals surface area contributed by atoms with Crippen molar-refractivity contribution in [2.45, 2.75) is 31.2 Å². The molecule has 8 heteroatoms. The molecule has 1 saturated heterocycles. The number of hydrogen-bond donors (Lipinski definition) is 1. The van der Waals surface area contributed by atoms with Gasteiger partial charge in [-0.15, -0.1) is 0 Å². The van der Waals surface area contributed by atoms with Crippen LogP contribution in [-0.4, -0.2) is 50.2 Å². The van der Waals surface area contributed by atoms with Crippen molar-refractivity contribution in [3.05, 3.63) is 23.8 Å². The summed E-state index contributed by atoms with van der Waals surface area (Å²) in [5.41, 5.74) is 1.61. The molecular formula is C15H19N3O4S. The highest BCUT2D eigenvalue weighted by atomic mass is 32.2. The third-order valence-electron chi connectivity index (χ3n) is 4.38. The van der Waals surface area contributed by atoms with Crippen LogP contribution in [0.15, 0.2) is 23.1 Å². The highest BCUT2D eigenvalue weighted by Gasteiger charge is 2.36. The van der Waals surface area contributed by atoms with E-state index in [9.17, 15) is 18.0 Å². The second-order valence-corrected chi connectivity index (χ2v) is 7.68. The topological polar surface area (TPSA) is 86.8 Å². The molecule has 124 valence electrons. The number of nitrogens with one attached hydrogen (secondary N) is 1. The first-order valence-corrected chi connectivity index (χ1v) is 8.97. The first kappa shape index (κ1) is 15.9. The van der Waals surface area contributed by atoms with Gasteiger partial charge in [0.15, 0.2) is 0 Å². The van der Waals surface area contributed by atoms with E-state index >= 15 is 0 Å². The van der Waals surface area contributed by atoms with Crippen molar-refractivity contribution in [3.63, 3.8) is 0 Å². The van der Waals surface area contributed by atoms with E-state index < -0.39 is 16.1 Å². The van der Waals surface area contributed by atoms with Crippen molar-refractivity contribution < 1.29 is 18.0 Å². The number of hydrogen-bond acceptors (Lipinski definition) is 4. The molecule has 1 aromatic rings. The monoisotopic (exact) mass is 337 g/mol. The highest BCUT2D eigenvalue weighted by Crippen LogP contribution is 2.31. The molecule has 0 aromatic heterocycles. The minimum Gasteiger partial charge on any atom is -0.353 e. The molecule has 0 aliphatic carbocycles. The first-order valence-electron chi connectivity index (χ1n) is 7.53. The molecule has 23 heavy (non-hydrogen) atoms. The summed E-state index contributed by atoms with van der Waals surface area (Å²) >= 11 is 0. The normalized spacial score (nSPS) is 21.9. The predicted octanol–water partition coefficient (Wildman–Crippen LogP) is 0.105. The molecule has 1 atom stereocenters. The fourth-order valence-electron chi connectivity index (χ4n) is 3.09. The molecule has 2 aliphatic heterocycles. The maximum absolute atomic E-state index is 12.8. The number of benzene rings is 1. The summed E-state index contributed by atoms with van der Waals surface area (Å²) in [6.07, 6.45) is 0.633. The summed E-state index contributed by atoms with van der Waals surface area (Å²) in [6, 6.07) is 4.07. The minimum atomic E-state index is -3.73. The molecule has 2 amide bonds. The van der Waals surface area contributed by atoms with Crippen molar-refractivity contribution in [3.8, 4) is 0 Å². The lowest BCUT2D eigenvalue weighted by atomic mass is 10.2. The number of fused-ring (bicyclic) bond motifs is 1. The molecule has 3 rings (SSSR count). The fourth-order valence-corrected chi connectivity index (χ4v) is 4.74. The Morgan fingerprint density at radius 3 is 2.74 bits per heavy atom. The van der Waals surface area contributed by atoms with Crippen LogP contribution >= 0.6 is 0 Å². The van der Waals surface area contributed by atoms with Crippen LogP contribution < -0.4 is 10.2 Å². The van der Waals surface area contributed by atoms with Crippen molar-refractivity contribution in [2.75, 3.05) is 24.5 Å². The van der Waals surface area contributed by atoms with Crippen molar-refractivity contribution in [1.82, 2.24) is 9.62 Å². The summed E-state index contributed by atoms with van der Waals surface area (Å²) in [7, 11) is -3.73. The lowest BCUT2D eigenvalue weighted by Crippen LogP contribution is -2.55. The Kier molecular flexibility index (Phi) is 3.89. The van der Waals surface area contributed by atoms with Crippen LogP contribution in [0.4, 0.5) is 5.69 Å². The molecule has 0 radical (unpaired) electrons. The van der Waals surface area contributed by atoms with Crippen LogP contribution in [0, 0.1) is 0 Å². The number of rotatable bonds is 2. The van der Waals surface area contributed by atoms with Gasteiger partial charge in [0.1, 0.15) is 6.04 Å². The Morgan fingerprint density at radius 1 is 1.30 bits per heavy atom. The SMILES string of the molecule is CC(=O)N1CCc2cc(S(=O)(=O)N3CCNC(=O)C3C)ccc21. The number of sulfonamides is 1. The Hall–Kier alpha value is -1.93. The Labute approximate surface area is 135 Å². The highest BCUT2D eigenvalue weighted by molar-refractivity contribution is 7.89. The third kappa shape index (κ3) is 2.61. The van der Waals surface area contributed by atoms with Crippen LogP contribution in [0.2, 0.25) is 0 Å². The van der Waals surface area contributed by atoms with E-state index in [1.807, 2.05) is 0 Å². The lowest BCUT2D eigenvalue weighted by molar-refractivity contribution is -0.126. The van der Waals surface area contributed by atoms with E-state index in [1.54, 1.807) is 24.0 Å². The molecule has 2 aliphatic rings. The van der Waals surface area contributed by atoms with E-state index in [0.29, 0.717) is 19.5 Å². The van der Waals surface area contributed by atoms with E-state index in [4.69, 9.17) is 0 Å². The maximum atomic E-state index is 12.8. The van der Waals surface area contributed by atoms with Gasteiger partial charge in [0.25, 0.3) is 0 Å². The summed E-state index contributed by atoms with van der Waals surface area (Å²) < 4.78 is 26.9. The Balaban J connectivity index is 1.96. The molecule has 2 heterocycles. The lowest BCUT2D eigenvalue weighted by Gasteiger charge is -2.31. The van der Waals surface area contributed by atoms with E-state index in [0.717, 1.165) is 11.3 Å². The van der Waals surface area contributed by atoms with Gasteiger partial charge in [-0.1, -0.05) is 0 Å². The fraction of sp³-hybridized carbons (Fsp3) is 0.467. The molecule has 1 N–H and O–H groups in total. The number of carbonyl (C=O) groups is 2. The van der Waals surface area contributed by atoms with Crippen molar-refractivity contribution in [1.29, 1.82) is 0 Å². The standard InChI is InChI=1S/C15H19N3O4S/c1-10-15(20)16-6-8-18(10)23(21,22)13-3-4-14-12(9-13)5-7-17(14)11(2)19/h3-4,9-10H,5-8H2,1-2H3,(H,16,20). The van der Waals surface area contributed by atoms with Crippen molar-refractivity contribution in [2.24, 2.45) is 0 Å². The Morgan fingerprint density at radius 2 is 2.04 bits per heavy atom. The predicted molar refractivity (Wildman–Crippen MR) is 84.5 cm³/mol. The van der Waals surface area contributed by atoms with Crippen LogP contribution in [0.3, 0.4) is 0 Å². The zero-order valence-electron chi connectivity index (χ0n) is 13.1. The summed E-state index contributed by atoms with van der Waals surface area (Å²) in [4.78, 5) is 25.1. The summed E-state index contributed by atoms with van der Waals surface area (Å²) in [6.45, 7) is 4.21. The average Bonchev–Trinajstić information content (AvgIpc) is 2.93. The van der Waals surface area contributed by atoms with E-state index in [1.165, 1.54) is 17.3 Å². The van der Waals surface area contributed by atoms with E-state index in [-0.39, 0.29) is 23.3 Å². The quantitative estimate of drug-likeness (QED) is 0.829. The molecule has 1 unspecified atom stereocenters. The molecule has 7 nitrogen and oxygen atoms in total. The van der Waals surface area contributed by atoms with Gasteiger partial charge in [-0.2, -0.15) is 4.31 Å². The van der Waals surface area contributed by atoms with E-state index in [2.05, 4.69) is 5.32 Å². The van der Waals surface area contributed by atoms with Gasteiger partial charge in [-0.3, -0.25) is 9.59 Å². The molecule has 0 saturated carbocycles. The molecule has 0 spiro atoms. The number of carbonyl (C=O) groups excluding carboxylic acids is 2. The summed E-state index contributed by atoms with van der Waals surface area (Å²) in [5.74, 6) is -0.343. The van der Waals surface area contributed by atoms with Gasteiger partial charge in [0, 0.05) is 32.2 Å². The van der Waals surface area contributed by atoms with Gasteiger partial charge in [-0.05, 0) is 37.1 Å². The van der Waals surface area contributed by atoms with Crippen LogP contribution in [0.25, 0.3) is 0 Å². The zero-order chi connectivity index (χ0) is 16.8. The van der Waals surface area contributed by atoms with Gasteiger partial charge in [0.2, 0.25) is 21.8 Å². The van der Waals surface area contributed by atoms with Crippen molar-refractivity contribution >= 4 is 27.5 Å². The smallest absolute Gasteiger partial charge is 0.243 e. The molecule has 1 fully saturated rings. The van der Waals surface area contributed by atoms with Crippen LogP contribution in [0.5, 0.6) is 0 Å². The minimum absolute atomic E-state index is 0.0549. The number of piperazine rings is 1. The molecular weight excluding hydrogens is 318 g/mol.